The predicted molar refractivity (Wildman–Crippen MR) is 106 cm³/mol. The lowest BCUT2D eigenvalue weighted by molar-refractivity contribution is 0.590. The number of hydrogen-bond donors (Lipinski definition) is 0. The first kappa shape index (κ1) is 15.8. The molecule has 0 spiro atoms. The Morgan fingerprint density at radius 3 is 2.28 bits per heavy atom. The average Bonchev–Trinajstić information content (AvgIpc) is 2.61. The van der Waals surface area contributed by atoms with Crippen LogP contribution in [0, 0.1) is 6.92 Å². The van der Waals surface area contributed by atoms with Crippen LogP contribution in [0.5, 0.6) is 0 Å². The fourth-order valence-corrected chi connectivity index (χ4v) is 3.44. The lowest BCUT2D eigenvalue weighted by Gasteiger charge is -2.20. The summed E-state index contributed by atoms with van der Waals surface area (Å²) in [5.41, 5.74) is 5.86. The van der Waals surface area contributed by atoms with E-state index in [-0.39, 0.29) is 5.41 Å². The average molecular weight is 326 g/mol. The summed E-state index contributed by atoms with van der Waals surface area (Å²) in [7, 11) is 0. The molecule has 4 aromatic rings. The zero-order chi connectivity index (χ0) is 17.6. The molecule has 4 rings (SSSR count). The number of nitrogens with zero attached hydrogens (tertiary/aromatic N) is 2. The lowest BCUT2D eigenvalue weighted by atomic mass is 9.85. The Hall–Kier alpha value is -2.74. The van der Waals surface area contributed by atoms with E-state index in [9.17, 15) is 0 Å². The first-order chi connectivity index (χ1) is 11.9. The largest absolute Gasteiger partial charge is 0.236 e. The molecule has 0 aliphatic rings. The maximum atomic E-state index is 4.64. The summed E-state index contributed by atoms with van der Waals surface area (Å²) in [6, 6.07) is 19.4. The van der Waals surface area contributed by atoms with Gasteiger partial charge in [0.2, 0.25) is 0 Å². The molecule has 0 aliphatic heterocycles. The predicted octanol–water partition coefficient (Wildman–Crippen LogP) is 6.06. The smallest absolute Gasteiger partial charge is 0.116 e. The van der Waals surface area contributed by atoms with E-state index < -0.39 is 0 Å². The molecule has 2 nitrogen and oxygen atoms in total. The topological polar surface area (TPSA) is 25.8 Å². The molecule has 1 aromatic heterocycles. The molecule has 0 radical (unpaired) electrons. The Morgan fingerprint density at radius 1 is 0.760 bits per heavy atom. The van der Waals surface area contributed by atoms with E-state index in [0.29, 0.717) is 0 Å². The van der Waals surface area contributed by atoms with Crippen molar-refractivity contribution in [2.24, 2.45) is 0 Å². The Labute approximate surface area is 148 Å². The van der Waals surface area contributed by atoms with Gasteiger partial charge >= 0.3 is 0 Å². The van der Waals surface area contributed by atoms with Crippen LogP contribution < -0.4 is 0 Å². The van der Waals surface area contributed by atoms with Crippen LogP contribution in [0.15, 0.2) is 60.9 Å². The maximum Gasteiger partial charge on any atom is 0.116 e. The third kappa shape index (κ3) is 2.68. The number of hydrogen-bond acceptors (Lipinski definition) is 2. The molecule has 0 saturated carbocycles. The van der Waals surface area contributed by atoms with Crippen LogP contribution in [0.25, 0.3) is 32.9 Å². The van der Waals surface area contributed by atoms with Crippen LogP contribution in [0.2, 0.25) is 0 Å². The summed E-state index contributed by atoms with van der Waals surface area (Å²) < 4.78 is 0. The van der Waals surface area contributed by atoms with Crippen molar-refractivity contribution in [2.75, 3.05) is 0 Å². The summed E-state index contributed by atoms with van der Waals surface area (Å²) in [5.74, 6) is 0. The highest BCUT2D eigenvalue weighted by molar-refractivity contribution is 6.10. The van der Waals surface area contributed by atoms with E-state index in [1.165, 1.54) is 21.9 Å². The van der Waals surface area contributed by atoms with Crippen molar-refractivity contribution in [3.63, 3.8) is 0 Å². The van der Waals surface area contributed by atoms with Crippen LogP contribution >= 0.6 is 0 Å². The minimum atomic E-state index is 0.113. The van der Waals surface area contributed by atoms with Crippen molar-refractivity contribution < 1.29 is 0 Å². The number of aromatic nitrogens is 2. The quantitative estimate of drug-likeness (QED) is 0.398. The Bertz CT molecular complexity index is 1090. The summed E-state index contributed by atoms with van der Waals surface area (Å²) in [4.78, 5) is 9.23. The van der Waals surface area contributed by atoms with Crippen molar-refractivity contribution in [3.05, 3.63) is 72.1 Å². The summed E-state index contributed by atoms with van der Waals surface area (Å²) in [5, 5.41) is 3.56. The SMILES string of the molecule is Cc1cc2c(-c3cccc(C(C)(C)C)c3)ncnc2c2ccccc12. The molecule has 0 N–H and O–H groups in total. The Balaban J connectivity index is 2.04. The number of aryl methyl sites for hydroxylation is 1. The van der Waals surface area contributed by atoms with Gasteiger partial charge in [0, 0.05) is 16.3 Å². The van der Waals surface area contributed by atoms with Gasteiger partial charge in [-0.3, -0.25) is 0 Å². The lowest BCUT2D eigenvalue weighted by Crippen LogP contribution is -2.10. The number of benzene rings is 3. The van der Waals surface area contributed by atoms with E-state index in [1.807, 2.05) is 0 Å². The number of rotatable bonds is 1. The molecule has 0 saturated heterocycles. The summed E-state index contributed by atoms with van der Waals surface area (Å²) in [6.45, 7) is 8.87. The van der Waals surface area contributed by atoms with Crippen LogP contribution in [0.4, 0.5) is 0 Å². The van der Waals surface area contributed by atoms with E-state index in [4.69, 9.17) is 0 Å². The van der Waals surface area contributed by atoms with Crippen molar-refractivity contribution in [1.29, 1.82) is 0 Å². The second-order valence-corrected chi connectivity index (χ2v) is 7.69. The van der Waals surface area contributed by atoms with Gasteiger partial charge in [-0.05, 0) is 41.0 Å². The molecule has 0 aliphatic carbocycles. The van der Waals surface area contributed by atoms with Gasteiger partial charge < -0.3 is 0 Å². The molecule has 3 aromatic carbocycles. The van der Waals surface area contributed by atoms with E-state index >= 15 is 0 Å². The fraction of sp³-hybridized carbons (Fsp3) is 0.217. The van der Waals surface area contributed by atoms with Gasteiger partial charge in [-0.25, -0.2) is 9.97 Å². The Morgan fingerprint density at radius 2 is 1.52 bits per heavy atom. The van der Waals surface area contributed by atoms with Crippen LogP contribution in [-0.4, -0.2) is 9.97 Å². The summed E-state index contributed by atoms with van der Waals surface area (Å²) in [6.07, 6.45) is 1.68. The molecular weight excluding hydrogens is 304 g/mol. The Kier molecular flexibility index (Phi) is 3.57. The maximum absolute atomic E-state index is 4.64. The van der Waals surface area contributed by atoms with Crippen LogP contribution in [0.3, 0.4) is 0 Å². The third-order valence-electron chi connectivity index (χ3n) is 4.85. The molecule has 0 fully saturated rings. The van der Waals surface area contributed by atoms with Crippen molar-refractivity contribution >= 4 is 21.7 Å². The molecule has 0 bridgehead atoms. The molecular formula is C23H22N2. The van der Waals surface area contributed by atoms with E-state index in [0.717, 1.165) is 22.2 Å². The standard InChI is InChI=1S/C23H22N2/c1-15-12-20-21(16-8-7-9-17(13-16)23(2,3)4)24-14-25-22(20)19-11-6-5-10-18(15)19/h5-14H,1-4H3. The molecule has 0 atom stereocenters. The highest BCUT2D eigenvalue weighted by Crippen LogP contribution is 2.34. The van der Waals surface area contributed by atoms with Gasteiger partial charge in [0.15, 0.2) is 0 Å². The first-order valence-electron chi connectivity index (χ1n) is 8.69. The van der Waals surface area contributed by atoms with E-state index in [1.54, 1.807) is 6.33 Å². The zero-order valence-electron chi connectivity index (χ0n) is 15.2. The molecule has 0 amide bonds. The molecule has 0 unspecified atom stereocenters. The molecule has 124 valence electrons. The molecule has 2 heteroatoms. The van der Waals surface area contributed by atoms with Gasteiger partial charge in [0.25, 0.3) is 0 Å². The van der Waals surface area contributed by atoms with Gasteiger partial charge in [0.05, 0.1) is 11.2 Å². The molecule has 1 heterocycles. The second kappa shape index (κ2) is 5.66. The van der Waals surface area contributed by atoms with E-state index in [2.05, 4.69) is 92.3 Å². The molecule has 25 heavy (non-hydrogen) atoms. The normalized spacial score (nSPS) is 12.0. The van der Waals surface area contributed by atoms with Crippen molar-refractivity contribution in [3.8, 4) is 11.3 Å². The van der Waals surface area contributed by atoms with Crippen LogP contribution in [-0.2, 0) is 5.41 Å². The fourth-order valence-electron chi connectivity index (χ4n) is 3.44. The van der Waals surface area contributed by atoms with Crippen molar-refractivity contribution in [1.82, 2.24) is 9.97 Å². The van der Waals surface area contributed by atoms with Crippen molar-refractivity contribution in [2.45, 2.75) is 33.1 Å². The second-order valence-electron chi connectivity index (χ2n) is 7.69. The zero-order valence-corrected chi connectivity index (χ0v) is 15.2. The minimum absolute atomic E-state index is 0.113. The summed E-state index contributed by atoms with van der Waals surface area (Å²) >= 11 is 0. The first-order valence-corrected chi connectivity index (χ1v) is 8.69. The van der Waals surface area contributed by atoms with Gasteiger partial charge in [0.1, 0.15) is 6.33 Å². The van der Waals surface area contributed by atoms with Gasteiger partial charge in [-0.2, -0.15) is 0 Å². The number of fused-ring (bicyclic) bond motifs is 3. The third-order valence-corrected chi connectivity index (χ3v) is 4.85. The highest BCUT2D eigenvalue weighted by atomic mass is 14.8. The van der Waals surface area contributed by atoms with Crippen LogP contribution in [0.1, 0.15) is 31.9 Å². The van der Waals surface area contributed by atoms with Gasteiger partial charge in [-0.1, -0.05) is 63.2 Å². The minimum Gasteiger partial charge on any atom is -0.236 e. The van der Waals surface area contributed by atoms with Gasteiger partial charge in [-0.15, -0.1) is 0 Å². The highest BCUT2D eigenvalue weighted by Gasteiger charge is 2.16. The monoisotopic (exact) mass is 326 g/mol.